The number of thiophene rings is 1. The molecular formula is C12H7ClF3N3S. The number of halogens is 4. The second-order valence-corrected chi connectivity index (χ2v) is 5.46. The molecular weight excluding hydrogens is 311 g/mol. The molecule has 0 fully saturated rings. The fourth-order valence-electron chi connectivity index (χ4n) is 1.87. The van der Waals surface area contributed by atoms with Crippen LogP contribution in [0.4, 0.5) is 13.2 Å². The zero-order valence-corrected chi connectivity index (χ0v) is 11.6. The maximum Gasteiger partial charge on any atom is 0.433 e. The highest BCUT2D eigenvalue weighted by atomic mass is 35.5. The van der Waals surface area contributed by atoms with Crippen molar-refractivity contribution in [1.29, 1.82) is 0 Å². The molecule has 0 bridgehead atoms. The second kappa shape index (κ2) is 4.46. The van der Waals surface area contributed by atoms with Crippen LogP contribution in [0, 0.1) is 6.92 Å². The van der Waals surface area contributed by atoms with E-state index in [-0.39, 0.29) is 16.4 Å². The van der Waals surface area contributed by atoms with Gasteiger partial charge in [0, 0.05) is 11.6 Å². The van der Waals surface area contributed by atoms with E-state index >= 15 is 0 Å². The number of alkyl halides is 3. The van der Waals surface area contributed by atoms with E-state index in [9.17, 15) is 13.2 Å². The molecule has 0 atom stereocenters. The lowest BCUT2D eigenvalue weighted by Gasteiger charge is -2.10. The van der Waals surface area contributed by atoms with Crippen LogP contribution in [0.3, 0.4) is 0 Å². The van der Waals surface area contributed by atoms with E-state index in [0.29, 0.717) is 5.69 Å². The maximum absolute atomic E-state index is 12.9. The molecule has 3 rings (SSSR count). The minimum Gasteiger partial charge on any atom is -0.224 e. The summed E-state index contributed by atoms with van der Waals surface area (Å²) < 4.78 is 39.9. The Bertz CT molecular complexity index is 777. The Morgan fingerprint density at radius 2 is 2.10 bits per heavy atom. The van der Waals surface area contributed by atoms with Crippen molar-refractivity contribution in [2.75, 3.05) is 0 Å². The molecule has 8 heteroatoms. The normalized spacial score (nSPS) is 12.2. The lowest BCUT2D eigenvalue weighted by Crippen LogP contribution is -2.13. The van der Waals surface area contributed by atoms with Gasteiger partial charge >= 0.3 is 6.18 Å². The molecule has 0 radical (unpaired) electrons. The van der Waals surface area contributed by atoms with Gasteiger partial charge in [-0.1, -0.05) is 17.7 Å². The largest absolute Gasteiger partial charge is 0.433 e. The van der Waals surface area contributed by atoms with Crippen molar-refractivity contribution in [3.05, 3.63) is 40.0 Å². The molecule has 0 saturated heterocycles. The summed E-state index contributed by atoms with van der Waals surface area (Å²) in [6, 6.07) is 5.16. The average Bonchev–Trinajstić information content (AvgIpc) is 3.00. The Balaban J connectivity index is 2.27. The molecule has 3 heterocycles. The molecule has 0 aromatic carbocycles. The Morgan fingerprint density at radius 1 is 1.35 bits per heavy atom. The van der Waals surface area contributed by atoms with Crippen LogP contribution in [-0.2, 0) is 6.18 Å². The third kappa shape index (κ3) is 2.06. The fourth-order valence-corrected chi connectivity index (χ4v) is 2.77. The van der Waals surface area contributed by atoms with Crippen LogP contribution in [-0.4, -0.2) is 14.6 Å². The van der Waals surface area contributed by atoms with Crippen molar-refractivity contribution < 1.29 is 13.2 Å². The van der Waals surface area contributed by atoms with Crippen molar-refractivity contribution in [2.24, 2.45) is 0 Å². The zero-order chi connectivity index (χ0) is 14.5. The van der Waals surface area contributed by atoms with Crippen LogP contribution >= 0.6 is 22.9 Å². The molecule has 0 saturated carbocycles. The van der Waals surface area contributed by atoms with Crippen molar-refractivity contribution in [3.63, 3.8) is 0 Å². The first-order valence-electron chi connectivity index (χ1n) is 5.55. The first-order valence-corrected chi connectivity index (χ1v) is 6.80. The number of rotatable bonds is 1. The van der Waals surface area contributed by atoms with Gasteiger partial charge in [-0.15, -0.1) is 11.3 Å². The molecule has 0 aliphatic heterocycles. The first kappa shape index (κ1) is 13.4. The summed E-state index contributed by atoms with van der Waals surface area (Å²) >= 11 is 7.42. The van der Waals surface area contributed by atoms with Crippen molar-refractivity contribution in [1.82, 2.24) is 14.6 Å². The van der Waals surface area contributed by atoms with Crippen LogP contribution in [0.5, 0.6) is 0 Å². The molecule has 3 nitrogen and oxygen atoms in total. The minimum absolute atomic E-state index is 0.0786. The molecule has 0 aliphatic rings. The van der Waals surface area contributed by atoms with Crippen LogP contribution in [0.1, 0.15) is 11.3 Å². The summed E-state index contributed by atoms with van der Waals surface area (Å²) in [5.74, 6) is 0. The van der Waals surface area contributed by atoms with Crippen LogP contribution in [0.25, 0.3) is 16.2 Å². The number of nitrogens with zero attached hydrogens (tertiary/aromatic N) is 3. The Kier molecular flexibility index (Phi) is 2.98. The quantitative estimate of drug-likeness (QED) is 0.621. The summed E-state index contributed by atoms with van der Waals surface area (Å²) in [5, 5.41) is 5.99. The van der Waals surface area contributed by atoms with Gasteiger partial charge in [0.25, 0.3) is 0 Å². The minimum atomic E-state index is -4.54. The lowest BCUT2D eigenvalue weighted by molar-refractivity contribution is -0.141. The third-order valence-electron chi connectivity index (χ3n) is 2.81. The first-order chi connectivity index (χ1) is 9.38. The van der Waals surface area contributed by atoms with Crippen LogP contribution in [0.2, 0.25) is 5.15 Å². The molecule has 0 spiro atoms. The fraction of sp³-hybridized carbons (Fsp3) is 0.167. The smallest absolute Gasteiger partial charge is 0.224 e. The summed E-state index contributed by atoms with van der Waals surface area (Å²) in [6.07, 6.45) is -4.54. The topological polar surface area (TPSA) is 30.2 Å². The van der Waals surface area contributed by atoms with Gasteiger partial charge in [-0.2, -0.15) is 18.3 Å². The highest BCUT2D eigenvalue weighted by Crippen LogP contribution is 2.34. The molecule has 3 aromatic rings. The standard InChI is InChI=1S/C12H7ClF3N3S/c1-6-10(12(14,15)16)17-9-5-7(8-3-2-4-20-8)18-19(9)11(6)13/h2-5H,1H3. The number of hydrogen-bond acceptors (Lipinski definition) is 3. The molecule has 0 amide bonds. The van der Waals surface area contributed by atoms with Gasteiger partial charge in [0.05, 0.1) is 4.88 Å². The van der Waals surface area contributed by atoms with Crippen molar-refractivity contribution in [2.45, 2.75) is 13.1 Å². The summed E-state index contributed by atoms with van der Waals surface area (Å²) in [5.41, 5.74) is -0.482. The SMILES string of the molecule is Cc1c(C(F)(F)F)nc2cc(-c3cccs3)nn2c1Cl. The summed E-state index contributed by atoms with van der Waals surface area (Å²) in [4.78, 5) is 4.48. The molecule has 0 unspecified atom stereocenters. The van der Waals surface area contributed by atoms with Gasteiger partial charge in [0.15, 0.2) is 11.3 Å². The Labute approximate surface area is 120 Å². The molecule has 0 aliphatic carbocycles. The average molecular weight is 318 g/mol. The van der Waals surface area contributed by atoms with Crippen LogP contribution < -0.4 is 0 Å². The summed E-state index contributed by atoms with van der Waals surface area (Å²) in [6.45, 7) is 1.28. The Morgan fingerprint density at radius 3 is 2.70 bits per heavy atom. The second-order valence-electron chi connectivity index (χ2n) is 4.15. The van der Waals surface area contributed by atoms with Gasteiger partial charge in [-0.3, -0.25) is 0 Å². The van der Waals surface area contributed by atoms with E-state index in [1.807, 2.05) is 17.5 Å². The van der Waals surface area contributed by atoms with E-state index in [1.54, 1.807) is 0 Å². The van der Waals surface area contributed by atoms with Crippen molar-refractivity contribution >= 4 is 28.6 Å². The number of hydrogen-bond donors (Lipinski definition) is 0. The number of aromatic nitrogens is 3. The molecule has 0 N–H and O–H groups in total. The molecule has 20 heavy (non-hydrogen) atoms. The molecule has 3 aromatic heterocycles. The van der Waals surface area contributed by atoms with E-state index in [2.05, 4.69) is 10.1 Å². The lowest BCUT2D eigenvalue weighted by atomic mass is 10.2. The van der Waals surface area contributed by atoms with E-state index in [4.69, 9.17) is 11.6 Å². The third-order valence-corrected chi connectivity index (χ3v) is 4.15. The predicted octanol–water partition coefficient (Wildman–Crippen LogP) is 4.44. The Hall–Kier alpha value is -1.60. The predicted molar refractivity (Wildman–Crippen MR) is 71.0 cm³/mol. The van der Waals surface area contributed by atoms with E-state index < -0.39 is 11.9 Å². The van der Waals surface area contributed by atoms with Gasteiger partial charge in [-0.25, -0.2) is 9.50 Å². The van der Waals surface area contributed by atoms with Crippen molar-refractivity contribution in [3.8, 4) is 10.6 Å². The van der Waals surface area contributed by atoms with Gasteiger partial charge in [0.1, 0.15) is 10.8 Å². The highest BCUT2D eigenvalue weighted by Gasteiger charge is 2.36. The van der Waals surface area contributed by atoms with E-state index in [1.165, 1.54) is 28.8 Å². The van der Waals surface area contributed by atoms with Gasteiger partial charge < -0.3 is 0 Å². The van der Waals surface area contributed by atoms with Gasteiger partial charge in [0.2, 0.25) is 0 Å². The molecule has 104 valence electrons. The zero-order valence-electron chi connectivity index (χ0n) is 10.1. The van der Waals surface area contributed by atoms with Crippen LogP contribution in [0.15, 0.2) is 23.6 Å². The number of fused-ring (bicyclic) bond motifs is 1. The summed E-state index contributed by atoms with van der Waals surface area (Å²) in [7, 11) is 0. The van der Waals surface area contributed by atoms with E-state index in [0.717, 1.165) is 4.88 Å². The van der Waals surface area contributed by atoms with Gasteiger partial charge in [-0.05, 0) is 18.4 Å². The highest BCUT2D eigenvalue weighted by molar-refractivity contribution is 7.13. The monoisotopic (exact) mass is 317 g/mol. The maximum atomic E-state index is 12.9.